The fourth-order valence-electron chi connectivity index (χ4n) is 2.52. The molecule has 0 spiro atoms. The number of hydrogen-bond donors (Lipinski definition) is 1. The van der Waals surface area contributed by atoms with Crippen LogP contribution in [0.1, 0.15) is 11.4 Å². The van der Waals surface area contributed by atoms with Crippen molar-refractivity contribution in [2.75, 3.05) is 5.32 Å². The number of alkyl halides is 3. The van der Waals surface area contributed by atoms with Crippen LogP contribution in [-0.2, 0) is 12.7 Å². The van der Waals surface area contributed by atoms with E-state index >= 15 is 0 Å². The highest BCUT2D eigenvalue weighted by atomic mass is 19.4. The molecule has 0 aliphatic carbocycles. The predicted molar refractivity (Wildman–Crippen MR) is 86.6 cm³/mol. The zero-order chi connectivity index (χ0) is 19.0. The number of anilines is 1. The van der Waals surface area contributed by atoms with Gasteiger partial charge in [-0.05, 0) is 29.8 Å². The minimum absolute atomic E-state index is 0.0244. The lowest BCUT2D eigenvalue weighted by Crippen LogP contribution is -2.13. The molecule has 0 aliphatic heterocycles. The summed E-state index contributed by atoms with van der Waals surface area (Å²) < 4.78 is 55.1. The van der Waals surface area contributed by atoms with Gasteiger partial charge in [0.05, 0.1) is 12.0 Å². The van der Waals surface area contributed by atoms with Gasteiger partial charge in [-0.15, -0.1) is 15.3 Å². The normalized spacial score (nSPS) is 11.9. The summed E-state index contributed by atoms with van der Waals surface area (Å²) in [4.78, 5) is 3.87. The second-order valence-electron chi connectivity index (χ2n) is 5.62. The smallest absolute Gasteiger partial charge is 0.365 e. The van der Waals surface area contributed by atoms with Crippen LogP contribution in [0.3, 0.4) is 0 Å². The number of aromatic nitrogens is 6. The number of nitrogens with zero attached hydrogens (tertiary/aromatic N) is 6. The van der Waals surface area contributed by atoms with Gasteiger partial charge in [-0.2, -0.15) is 17.7 Å². The van der Waals surface area contributed by atoms with E-state index in [1.807, 2.05) is 0 Å². The summed E-state index contributed by atoms with van der Waals surface area (Å²) in [6.07, 6.45) is -0.0338. The van der Waals surface area contributed by atoms with Crippen LogP contribution in [0.15, 0.2) is 49.1 Å². The minimum Gasteiger partial charge on any atom is -0.365 e. The minimum atomic E-state index is -4.67. The summed E-state index contributed by atoms with van der Waals surface area (Å²) >= 11 is 0. The van der Waals surface area contributed by atoms with E-state index in [0.717, 1.165) is 0 Å². The Morgan fingerprint density at radius 1 is 1.07 bits per heavy atom. The third-order valence-electron chi connectivity index (χ3n) is 3.78. The number of hydrogen-bond acceptors (Lipinski definition) is 5. The summed E-state index contributed by atoms with van der Waals surface area (Å²) in [7, 11) is 0. The first-order valence-corrected chi connectivity index (χ1v) is 7.72. The highest BCUT2D eigenvalue weighted by Gasteiger charge is 2.37. The molecule has 3 aromatic heterocycles. The topological polar surface area (TPSA) is 72.9 Å². The van der Waals surface area contributed by atoms with Gasteiger partial charge in [0.25, 0.3) is 5.82 Å². The van der Waals surface area contributed by atoms with Crippen LogP contribution < -0.4 is 5.32 Å². The van der Waals surface area contributed by atoms with E-state index in [2.05, 4.69) is 25.6 Å². The van der Waals surface area contributed by atoms with Crippen molar-refractivity contribution in [3.8, 4) is 5.69 Å². The van der Waals surface area contributed by atoms with Gasteiger partial charge >= 0.3 is 6.18 Å². The van der Waals surface area contributed by atoms with E-state index in [1.54, 1.807) is 18.3 Å². The molecular weight excluding hydrogens is 366 g/mol. The molecule has 7 nitrogen and oxygen atoms in total. The Bertz CT molecular complexity index is 1090. The van der Waals surface area contributed by atoms with Crippen LogP contribution in [0.2, 0.25) is 0 Å². The number of benzene rings is 1. The fourth-order valence-corrected chi connectivity index (χ4v) is 2.52. The Morgan fingerprint density at radius 2 is 1.93 bits per heavy atom. The lowest BCUT2D eigenvalue weighted by molar-refractivity contribution is -0.146. The van der Waals surface area contributed by atoms with E-state index in [0.29, 0.717) is 15.8 Å². The number of imidazole rings is 1. The molecule has 27 heavy (non-hydrogen) atoms. The Hall–Kier alpha value is -3.50. The zero-order valence-electron chi connectivity index (χ0n) is 13.5. The monoisotopic (exact) mass is 377 g/mol. The number of nitrogens with one attached hydrogen (secondary N) is 1. The Morgan fingerprint density at radius 3 is 2.63 bits per heavy atom. The van der Waals surface area contributed by atoms with Crippen molar-refractivity contribution in [2.24, 2.45) is 0 Å². The number of halogens is 4. The molecule has 4 rings (SSSR count). The fraction of sp³-hybridized carbons (Fsp3) is 0.125. The highest BCUT2D eigenvalue weighted by Crippen LogP contribution is 2.27. The van der Waals surface area contributed by atoms with Crippen molar-refractivity contribution in [3.05, 3.63) is 66.3 Å². The molecule has 0 bridgehead atoms. The van der Waals surface area contributed by atoms with Gasteiger partial charge in [-0.1, -0.05) is 6.07 Å². The molecule has 0 unspecified atom stereocenters. The van der Waals surface area contributed by atoms with Gasteiger partial charge in [0.2, 0.25) is 0 Å². The first-order chi connectivity index (χ1) is 12.9. The first kappa shape index (κ1) is 16.9. The van der Waals surface area contributed by atoms with Crippen molar-refractivity contribution in [2.45, 2.75) is 12.7 Å². The van der Waals surface area contributed by atoms with Gasteiger partial charge in [0, 0.05) is 18.9 Å². The van der Waals surface area contributed by atoms with Crippen LogP contribution >= 0.6 is 0 Å². The molecule has 0 fully saturated rings. The van der Waals surface area contributed by atoms with Crippen molar-refractivity contribution >= 4 is 11.5 Å². The maximum atomic E-state index is 14.3. The summed E-state index contributed by atoms with van der Waals surface area (Å²) in [6, 6.07) is 7.46. The highest BCUT2D eigenvalue weighted by molar-refractivity contribution is 5.45. The summed E-state index contributed by atoms with van der Waals surface area (Å²) in [5, 5.41) is 13.3. The maximum absolute atomic E-state index is 14.3. The molecular formula is C16H11F4N7. The Kier molecular flexibility index (Phi) is 3.98. The molecule has 1 aromatic carbocycles. The molecule has 0 saturated heterocycles. The van der Waals surface area contributed by atoms with E-state index in [4.69, 9.17) is 0 Å². The van der Waals surface area contributed by atoms with E-state index in [1.165, 1.54) is 35.3 Å². The average molecular weight is 377 g/mol. The molecule has 0 amide bonds. The third-order valence-corrected chi connectivity index (χ3v) is 3.78. The molecule has 0 saturated carbocycles. The molecule has 138 valence electrons. The second kappa shape index (κ2) is 6.34. The molecule has 0 radical (unpaired) electrons. The van der Waals surface area contributed by atoms with Crippen LogP contribution in [0, 0.1) is 5.82 Å². The van der Waals surface area contributed by atoms with Crippen LogP contribution in [0.5, 0.6) is 0 Å². The van der Waals surface area contributed by atoms with Gasteiger partial charge in [0.1, 0.15) is 11.6 Å². The lowest BCUT2D eigenvalue weighted by atomic mass is 10.2. The SMILES string of the molecule is Fc1cc(CNc2ccc3nnc(C(F)(F)F)n3n2)ccc1-n1ccnc1. The van der Waals surface area contributed by atoms with Gasteiger partial charge in [-0.25, -0.2) is 9.37 Å². The Balaban J connectivity index is 1.54. The van der Waals surface area contributed by atoms with Crippen molar-refractivity contribution in [1.29, 1.82) is 0 Å². The Labute approximate surface area is 149 Å². The van der Waals surface area contributed by atoms with Crippen molar-refractivity contribution in [1.82, 2.24) is 29.4 Å². The largest absolute Gasteiger partial charge is 0.453 e. The second-order valence-corrected chi connectivity index (χ2v) is 5.62. The van der Waals surface area contributed by atoms with Crippen LogP contribution in [0.25, 0.3) is 11.3 Å². The molecule has 0 aliphatic rings. The van der Waals surface area contributed by atoms with Crippen LogP contribution in [0.4, 0.5) is 23.4 Å². The third kappa shape index (κ3) is 3.30. The van der Waals surface area contributed by atoms with Gasteiger partial charge < -0.3 is 9.88 Å². The molecule has 3 heterocycles. The van der Waals surface area contributed by atoms with Crippen molar-refractivity contribution < 1.29 is 17.6 Å². The first-order valence-electron chi connectivity index (χ1n) is 7.72. The quantitative estimate of drug-likeness (QED) is 0.554. The average Bonchev–Trinajstić information content (AvgIpc) is 3.28. The molecule has 4 aromatic rings. The maximum Gasteiger partial charge on any atom is 0.453 e. The van der Waals surface area contributed by atoms with E-state index in [9.17, 15) is 17.6 Å². The van der Waals surface area contributed by atoms with Gasteiger partial charge in [0.15, 0.2) is 5.65 Å². The number of fused-ring (bicyclic) bond motifs is 1. The number of rotatable bonds is 4. The summed E-state index contributed by atoms with van der Waals surface area (Å²) in [5.74, 6) is -1.49. The van der Waals surface area contributed by atoms with Crippen LogP contribution in [-0.4, -0.2) is 29.4 Å². The molecule has 0 atom stereocenters. The van der Waals surface area contributed by atoms with Crippen molar-refractivity contribution in [3.63, 3.8) is 0 Å². The standard InChI is InChI=1S/C16H11F4N7/c17-11-7-10(1-2-12(11)26-6-5-21-9-26)8-22-13-3-4-14-23-24-15(16(18,19)20)27(14)25-13/h1-7,9H,8H2,(H,22,25). The van der Waals surface area contributed by atoms with E-state index in [-0.39, 0.29) is 18.0 Å². The molecule has 1 N–H and O–H groups in total. The predicted octanol–water partition coefficient (Wildman–Crippen LogP) is 3.08. The van der Waals surface area contributed by atoms with E-state index < -0.39 is 17.8 Å². The summed E-state index contributed by atoms with van der Waals surface area (Å²) in [6.45, 7) is 0.170. The lowest BCUT2D eigenvalue weighted by Gasteiger charge is -2.09. The molecule has 11 heteroatoms. The zero-order valence-corrected chi connectivity index (χ0v) is 13.5. The van der Waals surface area contributed by atoms with Gasteiger partial charge in [-0.3, -0.25) is 0 Å². The summed E-state index contributed by atoms with van der Waals surface area (Å²) in [5.41, 5.74) is 0.914.